The van der Waals surface area contributed by atoms with Gasteiger partial charge in [-0.15, -0.1) is 0 Å². The summed E-state index contributed by atoms with van der Waals surface area (Å²) in [6.45, 7) is 23.5. The molecule has 2 aliphatic heterocycles. The van der Waals surface area contributed by atoms with Crippen molar-refractivity contribution < 1.29 is 9.53 Å². The van der Waals surface area contributed by atoms with E-state index in [4.69, 9.17) is 17.9 Å². The summed E-state index contributed by atoms with van der Waals surface area (Å²) in [5.74, 6) is 0.940. The molecule has 2 aromatic rings. The lowest BCUT2D eigenvalue weighted by molar-refractivity contribution is 0.0205. The Balaban J connectivity index is 0.000000211. The molecule has 0 unspecified atom stereocenters. The number of hydrogen-bond donors (Lipinski definition) is 1. The number of amides is 1. The third-order valence-corrected chi connectivity index (χ3v) is 6.48. The zero-order valence-electron chi connectivity index (χ0n) is 21.1. The SMILES string of the molecule is [C-]#[N+]c1ccccc1C1CCN(C(=O)OC(C)(C)C)CC1.[C-]#[N+]c1ccccc1C1CCNCC1. The Hall–Kier alpha value is -3.35. The highest BCUT2D eigenvalue weighted by atomic mass is 16.6. The number of carbonyl (C=O) groups excluding carboxylic acids is 1. The van der Waals surface area contributed by atoms with E-state index in [1.807, 2.05) is 63.2 Å². The monoisotopic (exact) mass is 472 g/mol. The largest absolute Gasteiger partial charge is 0.444 e. The van der Waals surface area contributed by atoms with Crippen LogP contribution in [0, 0.1) is 13.1 Å². The number of nitrogens with one attached hydrogen (secondary N) is 1. The van der Waals surface area contributed by atoms with Crippen molar-refractivity contribution >= 4 is 17.5 Å². The molecule has 2 fully saturated rings. The summed E-state index contributed by atoms with van der Waals surface area (Å²) in [6.07, 6.45) is 3.84. The molecule has 0 aliphatic carbocycles. The molecule has 4 rings (SSSR count). The molecule has 2 aliphatic rings. The van der Waals surface area contributed by atoms with Crippen LogP contribution in [0.1, 0.15) is 69.4 Å². The number of piperidine rings is 2. The molecular formula is C29H36N4O2. The third-order valence-electron chi connectivity index (χ3n) is 6.48. The molecule has 0 atom stereocenters. The first kappa shape index (κ1) is 26.3. The van der Waals surface area contributed by atoms with E-state index in [0.29, 0.717) is 24.9 Å². The predicted molar refractivity (Wildman–Crippen MR) is 140 cm³/mol. The number of rotatable bonds is 2. The third kappa shape index (κ3) is 7.57. The van der Waals surface area contributed by atoms with Crippen molar-refractivity contribution in [3.8, 4) is 0 Å². The van der Waals surface area contributed by atoms with Crippen molar-refractivity contribution in [1.82, 2.24) is 10.2 Å². The van der Waals surface area contributed by atoms with Gasteiger partial charge in [-0.1, -0.05) is 48.5 Å². The van der Waals surface area contributed by atoms with Crippen LogP contribution in [0.4, 0.5) is 16.2 Å². The van der Waals surface area contributed by atoms with Gasteiger partial charge < -0.3 is 15.0 Å². The quantitative estimate of drug-likeness (QED) is 0.476. The zero-order chi connectivity index (χ0) is 25.3. The fourth-order valence-corrected chi connectivity index (χ4v) is 4.70. The molecular weight excluding hydrogens is 436 g/mol. The van der Waals surface area contributed by atoms with Crippen molar-refractivity contribution in [2.45, 2.75) is 63.9 Å². The fraction of sp³-hybridized carbons (Fsp3) is 0.483. The second kappa shape index (κ2) is 12.4. The van der Waals surface area contributed by atoms with Crippen LogP contribution in [0.25, 0.3) is 9.69 Å². The Morgan fingerprint density at radius 2 is 1.31 bits per heavy atom. The minimum absolute atomic E-state index is 0.237. The Bertz CT molecular complexity index is 1060. The van der Waals surface area contributed by atoms with Gasteiger partial charge in [-0.05, 0) is 82.5 Å². The molecule has 0 bridgehead atoms. The summed E-state index contributed by atoms with van der Waals surface area (Å²) < 4.78 is 5.40. The second-order valence-electron chi connectivity index (χ2n) is 10.1. The van der Waals surface area contributed by atoms with Crippen molar-refractivity contribution in [3.63, 3.8) is 0 Å². The molecule has 0 radical (unpaired) electrons. The van der Waals surface area contributed by atoms with Gasteiger partial charge in [0.2, 0.25) is 0 Å². The topological polar surface area (TPSA) is 50.3 Å². The van der Waals surface area contributed by atoms with E-state index in [9.17, 15) is 4.79 Å². The zero-order valence-corrected chi connectivity index (χ0v) is 21.1. The van der Waals surface area contributed by atoms with E-state index in [0.717, 1.165) is 55.7 Å². The first-order valence-electron chi connectivity index (χ1n) is 12.4. The van der Waals surface area contributed by atoms with E-state index in [1.165, 1.54) is 5.56 Å². The molecule has 6 heteroatoms. The maximum absolute atomic E-state index is 12.0. The second-order valence-corrected chi connectivity index (χ2v) is 10.1. The molecule has 35 heavy (non-hydrogen) atoms. The smallest absolute Gasteiger partial charge is 0.410 e. The lowest BCUT2D eigenvalue weighted by Crippen LogP contribution is -2.41. The van der Waals surface area contributed by atoms with Crippen LogP contribution >= 0.6 is 0 Å². The molecule has 2 heterocycles. The molecule has 6 nitrogen and oxygen atoms in total. The van der Waals surface area contributed by atoms with Crippen LogP contribution in [0.3, 0.4) is 0 Å². The minimum atomic E-state index is -0.454. The summed E-state index contributed by atoms with van der Waals surface area (Å²) in [4.78, 5) is 21.0. The first-order valence-corrected chi connectivity index (χ1v) is 12.4. The van der Waals surface area contributed by atoms with Gasteiger partial charge in [0.15, 0.2) is 11.4 Å². The van der Waals surface area contributed by atoms with Crippen LogP contribution in [0.2, 0.25) is 0 Å². The van der Waals surface area contributed by atoms with E-state index in [2.05, 4.69) is 21.1 Å². The van der Waals surface area contributed by atoms with Crippen molar-refractivity contribution in [3.05, 3.63) is 82.5 Å². The lowest BCUT2D eigenvalue weighted by Gasteiger charge is -2.34. The Morgan fingerprint density at radius 1 is 0.857 bits per heavy atom. The van der Waals surface area contributed by atoms with Gasteiger partial charge in [0, 0.05) is 13.1 Å². The van der Waals surface area contributed by atoms with E-state index in [-0.39, 0.29) is 6.09 Å². The molecule has 2 saturated heterocycles. The maximum Gasteiger partial charge on any atom is 0.410 e. The number of ether oxygens (including phenoxy) is 1. The van der Waals surface area contributed by atoms with Crippen LogP contribution in [0.15, 0.2) is 48.5 Å². The summed E-state index contributed by atoms with van der Waals surface area (Å²) in [5.41, 5.74) is 3.46. The van der Waals surface area contributed by atoms with Gasteiger partial charge >= 0.3 is 6.09 Å². The fourth-order valence-electron chi connectivity index (χ4n) is 4.70. The number of likely N-dealkylation sites (tertiary alicyclic amines) is 1. The Morgan fingerprint density at radius 3 is 1.77 bits per heavy atom. The van der Waals surface area contributed by atoms with Gasteiger partial charge in [0.25, 0.3) is 0 Å². The number of para-hydroxylation sites is 2. The minimum Gasteiger partial charge on any atom is -0.444 e. The normalized spacial score (nSPS) is 16.9. The summed E-state index contributed by atoms with van der Waals surface area (Å²) in [6, 6.07) is 15.8. The number of benzene rings is 2. The molecule has 0 spiro atoms. The average Bonchev–Trinajstić information content (AvgIpc) is 2.88. The van der Waals surface area contributed by atoms with Gasteiger partial charge in [-0.3, -0.25) is 0 Å². The van der Waals surface area contributed by atoms with Gasteiger partial charge in [0.1, 0.15) is 5.60 Å². The highest BCUT2D eigenvalue weighted by molar-refractivity contribution is 5.68. The lowest BCUT2D eigenvalue weighted by atomic mass is 9.88. The molecule has 2 aromatic carbocycles. The number of nitrogens with zero attached hydrogens (tertiary/aromatic N) is 3. The molecule has 1 amide bonds. The van der Waals surface area contributed by atoms with Crippen LogP contribution in [0.5, 0.6) is 0 Å². The predicted octanol–water partition coefficient (Wildman–Crippen LogP) is 7.06. The summed E-state index contributed by atoms with van der Waals surface area (Å²) >= 11 is 0. The summed E-state index contributed by atoms with van der Waals surface area (Å²) in [5, 5.41) is 3.34. The van der Waals surface area contributed by atoms with E-state index < -0.39 is 5.60 Å². The summed E-state index contributed by atoms with van der Waals surface area (Å²) in [7, 11) is 0. The van der Waals surface area contributed by atoms with E-state index >= 15 is 0 Å². The maximum atomic E-state index is 12.0. The number of carbonyl (C=O) groups is 1. The highest BCUT2D eigenvalue weighted by Gasteiger charge is 2.28. The first-order chi connectivity index (χ1) is 16.8. The Kier molecular flexibility index (Phi) is 9.29. The molecule has 0 saturated carbocycles. The molecule has 0 aromatic heterocycles. The van der Waals surface area contributed by atoms with Gasteiger partial charge in [-0.25, -0.2) is 14.5 Å². The van der Waals surface area contributed by atoms with Crippen molar-refractivity contribution in [2.24, 2.45) is 0 Å². The van der Waals surface area contributed by atoms with E-state index in [1.54, 1.807) is 4.90 Å². The average molecular weight is 473 g/mol. The van der Waals surface area contributed by atoms with Crippen LogP contribution in [-0.4, -0.2) is 42.8 Å². The van der Waals surface area contributed by atoms with Crippen molar-refractivity contribution in [2.75, 3.05) is 26.2 Å². The van der Waals surface area contributed by atoms with Crippen molar-refractivity contribution in [1.29, 1.82) is 0 Å². The highest BCUT2D eigenvalue weighted by Crippen LogP contribution is 2.35. The van der Waals surface area contributed by atoms with Crippen LogP contribution in [-0.2, 0) is 4.74 Å². The Labute approximate surface area is 209 Å². The number of hydrogen-bond acceptors (Lipinski definition) is 3. The molecule has 184 valence electrons. The standard InChI is InChI=1S/C17H22N2O2.C12H14N2/c1-17(2,3)21-16(20)19-11-9-13(10-12-19)14-7-5-6-8-15(14)18-4;1-13-12-5-3-2-4-11(12)10-6-8-14-9-7-10/h5-8,13H,9-12H2,1-3H3;2-5,10,14H,6-9H2. The van der Waals surface area contributed by atoms with Crippen LogP contribution < -0.4 is 5.32 Å². The molecule has 1 N–H and O–H groups in total. The van der Waals surface area contributed by atoms with Gasteiger partial charge in [-0.2, -0.15) is 0 Å². The van der Waals surface area contributed by atoms with Gasteiger partial charge in [0.05, 0.1) is 13.1 Å².